The van der Waals surface area contributed by atoms with E-state index in [2.05, 4.69) is 5.32 Å². The van der Waals surface area contributed by atoms with Gasteiger partial charge >= 0.3 is 0 Å². The molecule has 0 saturated carbocycles. The van der Waals surface area contributed by atoms with E-state index in [1.165, 1.54) is 14.2 Å². The minimum Gasteiger partial charge on any atom is -0.493 e. The number of benzene rings is 3. The second kappa shape index (κ2) is 12.2. The maximum atomic E-state index is 12.9. The quantitative estimate of drug-likeness (QED) is 0.302. The monoisotopic (exact) mass is 461 g/mol. The lowest BCUT2D eigenvalue weighted by Gasteiger charge is -2.16. The molecule has 0 spiro atoms. The van der Waals surface area contributed by atoms with E-state index >= 15 is 0 Å². The number of ketones is 2. The van der Waals surface area contributed by atoms with Gasteiger partial charge in [-0.1, -0.05) is 30.3 Å². The number of hydrogen-bond acceptors (Lipinski definition) is 6. The lowest BCUT2D eigenvalue weighted by Crippen LogP contribution is -2.36. The Morgan fingerprint density at radius 2 is 1.56 bits per heavy atom. The van der Waals surface area contributed by atoms with Crippen LogP contribution in [0.5, 0.6) is 17.2 Å². The van der Waals surface area contributed by atoms with Crippen molar-refractivity contribution in [3.8, 4) is 17.2 Å². The highest BCUT2D eigenvalue weighted by atomic mass is 16.5. The molecule has 0 bridgehead atoms. The second-order valence-electron chi connectivity index (χ2n) is 7.53. The van der Waals surface area contributed by atoms with Crippen LogP contribution in [0.2, 0.25) is 0 Å². The minimum atomic E-state index is -0.840. The summed E-state index contributed by atoms with van der Waals surface area (Å²) in [6, 6.07) is 20.6. The number of carbonyl (C=O) groups is 3. The van der Waals surface area contributed by atoms with E-state index in [4.69, 9.17) is 14.2 Å². The van der Waals surface area contributed by atoms with Gasteiger partial charge in [-0.15, -0.1) is 0 Å². The molecule has 0 aromatic heterocycles. The van der Waals surface area contributed by atoms with E-state index in [9.17, 15) is 14.4 Å². The number of amides is 1. The van der Waals surface area contributed by atoms with Gasteiger partial charge < -0.3 is 19.5 Å². The molecule has 1 N–H and O–H groups in total. The first-order chi connectivity index (χ1) is 16.5. The Morgan fingerprint density at radius 3 is 2.21 bits per heavy atom. The predicted molar refractivity (Wildman–Crippen MR) is 128 cm³/mol. The van der Waals surface area contributed by atoms with Crippen molar-refractivity contribution in [1.29, 1.82) is 0 Å². The summed E-state index contributed by atoms with van der Waals surface area (Å²) in [5, 5.41) is 2.52. The molecule has 0 aliphatic heterocycles. The fourth-order valence-electron chi connectivity index (χ4n) is 3.46. The van der Waals surface area contributed by atoms with Crippen LogP contribution in [-0.2, 0) is 11.4 Å². The summed E-state index contributed by atoms with van der Waals surface area (Å²) in [6.07, 6.45) is 0.721. The van der Waals surface area contributed by atoms with Crippen LogP contribution in [0.25, 0.3) is 0 Å². The minimum absolute atomic E-state index is 0.0920. The normalized spacial score (nSPS) is 11.2. The van der Waals surface area contributed by atoms with Gasteiger partial charge in [0.1, 0.15) is 12.4 Å². The van der Waals surface area contributed by atoms with Crippen molar-refractivity contribution >= 4 is 18.0 Å². The molecule has 0 heterocycles. The van der Waals surface area contributed by atoms with Gasteiger partial charge in [0.15, 0.2) is 23.1 Å². The zero-order valence-corrected chi connectivity index (χ0v) is 19.2. The van der Waals surface area contributed by atoms with Crippen LogP contribution in [0.4, 0.5) is 0 Å². The fraction of sp³-hybridized carbons (Fsp3) is 0.222. The SMILES string of the molecule is COc1ccc(C(=O)C(CCC(=O)c2ccc(OCc3ccccc3)cc2)NC=O)cc1OC. The Hall–Kier alpha value is -4.13. The van der Waals surface area contributed by atoms with Gasteiger partial charge in [0.25, 0.3) is 0 Å². The van der Waals surface area contributed by atoms with Crippen LogP contribution in [0.3, 0.4) is 0 Å². The smallest absolute Gasteiger partial charge is 0.207 e. The van der Waals surface area contributed by atoms with Gasteiger partial charge in [-0.05, 0) is 54.4 Å². The van der Waals surface area contributed by atoms with Crippen molar-refractivity contribution in [3.05, 3.63) is 89.5 Å². The number of ether oxygens (including phenoxy) is 3. The number of methoxy groups -OCH3 is 2. The molecule has 1 atom stereocenters. The van der Waals surface area contributed by atoms with E-state index in [0.29, 0.717) is 41.4 Å². The Kier molecular flexibility index (Phi) is 8.80. The van der Waals surface area contributed by atoms with Gasteiger partial charge in [-0.3, -0.25) is 14.4 Å². The van der Waals surface area contributed by atoms with Crippen LogP contribution < -0.4 is 19.5 Å². The number of rotatable bonds is 13. The molecule has 0 radical (unpaired) electrons. The van der Waals surface area contributed by atoms with E-state index in [1.54, 1.807) is 42.5 Å². The molecule has 7 nitrogen and oxygen atoms in total. The molecule has 0 aliphatic rings. The Balaban J connectivity index is 1.59. The molecule has 3 aromatic carbocycles. The molecule has 1 amide bonds. The lowest BCUT2D eigenvalue weighted by atomic mass is 9.97. The first-order valence-electron chi connectivity index (χ1n) is 10.8. The maximum Gasteiger partial charge on any atom is 0.207 e. The van der Waals surface area contributed by atoms with Crippen molar-refractivity contribution in [3.63, 3.8) is 0 Å². The molecule has 0 aliphatic carbocycles. The molecule has 1 unspecified atom stereocenters. The third kappa shape index (κ3) is 6.45. The largest absolute Gasteiger partial charge is 0.493 e. The molecule has 34 heavy (non-hydrogen) atoms. The Morgan fingerprint density at radius 1 is 0.882 bits per heavy atom. The van der Waals surface area contributed by atoms with E-state index in [-0.39, 0.29) is 24.4 Å². The Labute approximate surface area is 198 Å². The Bertz CT molecular complexity index is 1110. The lowest BCUT2D eigenvalue weighted by molar-refractivity contribution is -0.110. The maximum absolute atomic E-state index is 12.9. The highest BCUT2D eigenvalue weighted by Gasteiger charge is 2.22. The summed E-state index contributed by atoms with van der Waals surface area (Å²) >= 11 is 0. The molecule has 3 aromatic rings. The number of carbonyl (C=O) groups excluding carboxylic acids is 3. The van der Waals surface area contributed by atoms with E-state index in [1.807, 2.05) is 30.3 Å². The van der Waals surface area contributed by atoms with Gasteiger partial charge in [-0.25, -0.2) is 0 Å². The van der Waals surface area contributed by atoms with Crippen molar-refractivity contribution in [2.45, 2.75) is 25.5 Å². The zero-order chi connectivity index (χ0) is 24.3. The van der Waals surface area contributed by atoms with Crippen LogP contribution in [0.1, 0.15) is 39.1 Å². The molecular formula is C27H27NO6. The first kappa shape index (κ1) is 24.5. The number of Topliss-reactive ketones (excluding diaryl/α,β-unsaturated/α-hetero) is 2. The molecule has 3 rings (SSSR count). The van der Waals surface area contributed by atoms with E-state index in [0.717, 1.165) is 5.56 Å². The highest BCUT2D eigenvalue weighted by Crippen LogP contribution is 2.28. The summed E-state index contributed by atoms with van der Waals surface area (Å²) in [6.45, 7) is 0.436. The molecule has 176 valence electrons. The summed E-state index contributed by atoms with van der Waals surface area (Å²) < 4.78 is 16.2. The van der Waals surface area contributed by atoms with Crippen LogP contribution in [-0.4, -0.2) is 38.2 Å². The summed E-state index contributed by atoms with van der Waals surface area (Å²) in [7, 11) is 2.98. The topological polar surface area (TPSA) is 90.9 Å². The molecule has 0 saturated heterocycles. The van der Waals surface area contributed by atoms with Crippen molar-refractivity contribution < 1.29 is 28.6 Å². The van der Waals surface area contributed by atoms with Crippen molar-refractivity contribution in [2.24, 2.45) is 0 Å². The molecular weight excluding hydrogens is 434 g/mol. The third-order valence-corrected chi connectivity index (χ3v) is 5.34. The summed E-state index contributed by atoms with van der Waals surface area (Å²) in [5.74, 6) is 1.11. The fourth-order valence-corrected chi connectivity index (χ4v) is 3.46. The average molecular weight is 462 g/mol. The van der Waals surface area contributed by atoms with Crippen LogP contribution in [0.15, 0.2) is 72.8 Å². The van der Waals surface area contributed by atoms with Gasteiger partial charge in [0.05, 0.1) is 20.3 Å². The standard InChI is InChI=1S/C27H27NO6/c1-32-25-15-10-21(16-26(25)33-2)27(31)23(28-18-29)13-14-24(30)20-8-11-22(12-9-20)34-17-19-6-4-3-5-7-19/h3-12,15-16,18,23H,13-14,17H2,1-2H3,(H,28,29). The highest BCUT2D eigenvalue weighted by molar-refractivity contribution is 6.02. The zero-order valence-electron chi connectivity index (χ0n) is 19.2. The van der Waals surface area contributed by atoms with Crippen LogP contribution >= 0.6 is 0 Å². The number of hydrogen-bond donors (Lipinski definition) is 1. The average Bonchev–Trinajstić information content (AvgIpc) is 2.89. The second-order valence-corrected chi connectivity index (χ2v) is 7.53. The van der Waals surface area contributed by atoms with E-state index < -0.39 is 6.04 Å². The summed E-state index contributed by atoms with van der Waals surface area (Å²) in [4.78, 5) is 36.7. The number of nitrogens with one attached hydrogen (secondary N) is 1. The van der Waals surface area contributed by atoms with Crippen LogP contribution in [0, 0.1) is 0 Å². The summed E-state index contributed by atoms with van der Waals surface area (Å²) in [5.41, 5.74) is 1.91. The molecule has 0 fully saturated rings. The van der Waals surface area contributed by atoms with Gasteiger partial charge in [-0.2, -0.15) is 0 Å². The predicted octanol–water partition coefficient (Wildman–Crippen LogP) is 4.24. The first-order valence-corrected chi connectivity index (χ1v) is 10.8. The molecule has 7 heteroatoms. The third-order valence-electron chi connectivity index (χ3n) is 5.34. The van der Waals surface area contributed by atoms with Crippen molar-refractivity contribution in [2.75, 3.05) is 14.2 Å². The van der Waals surface area contributed by atoms with Gasteiger partial charge in [0.2, 0.25) is 6.41 Å². The van der Waals surface area contributed by atoms with Crippen molar-refractivity contribution in [1.82, 2.24) is 5.32 Å². The van der Waals surface area contributed by atoms with Gasteiger partial charge in [0, 0.05) is 17.5 Å².